The summed E-state index contributed by atoms with van der Waals surface area (Å²) in [5, 5.41) is 12.2. The summed E-state index contributed by atoms with van der Waals surface area (Å²) in [7, 11) is 4.08. The van der Waals surface area contributed by atoms with Gasteiger partial charge in [-0.05, 0) is 65.1 Å². The van der Waals surface area contributed by atoms with E-state index < -0.39 is 0 Å². The molecule has 0 saturated carbocycles. The first-order valence-corrected chi connectivity index (χ1v) is 11.4. The second kappa shape index (κ2) is 12.2. The molecule has 8 heteroatoms. The summed E-state index contributed by atoms with van der Waals surface area (Å²) >= 11 is 0. The van der Waals surface area contributed by atoms with E-state index in [2.05, 4.69) is 20.9 Å². The predicted octanol–water partition coefficient (Wildman–Crippen LogP) is 4.49. The van der Waals surface area contributed by atoms with Crippen LogP contribution in [-0.2, 0) is 0 Å². The summed E-state index contributed by atoms with van der Waals surface area (Å²) in [5.41, 5.74) is 1.80. The van der Waals surface area contributed by atoms with Crippen LogP contribution in [0.4, 0.5) is 5.69 Å². The van der Waals surface area contributed by atoms with Gasteiger partial charge in [0.15, 0.2) is 5.75 Å². The highest BCUT2D eigenvalue weighted by Gasteiger charge is 2.18. The number of benzene rings is 2. The van der Waals surface area contributed by atoms with E-state index in [1.165, 1.54) is 18.2 Å². The van der Waals surface area contributed by atoms with Crippen molar-refractivity contribution in [3.63, 3.8) is 0 Å². The van der Waals surface area contributed by atoms with E-state index in [1.807, 2.05) is 38.5 Å². The maximum atomic E-state index is 11.0. The Morgan fingerprint density at radius 1 is 1.03 bits per heavy atom. The summed E-state index contributed by atoms with van der Waals surface area (Å²) in [6.45, 7) is 6.93. The van der Waals surface area contributed by atoms with Crippen molar-refractivity contribution in [3.8, 4) is 11.5 Å². The van der Waals surface area contributed by atoms with Gasteiger partial charge in [0.1, 0.15) is 19.0 Å². The lowest BCUT2D eigenvalue weighted by Crippen LogP contribution is -2.25. The number of para-hydroxylation sites is 2. The molecule has 0 radical (unpaired) electrons. The highest BCUT2D eigenvalue weighted by Crippen LogP contribution is 2.30. The van der Waals surface area contributed by atoms with Crippen LogP contribution < -0.4 is 9.47 Å². The highest BCUT2D eigenvalue weighted by molar-refractivity contribution is 5.85. The number of nitro benzene ring substituents is 1. The fourth-order valence-corrected chi connectivity index (χ4v) is 3.79. The Hall–Kier alpha value is -3.10. The van der Waals surface area contributed by atoms with Crippen LogP contribution in [0.1, 0.15) is 18.4 Å². The van der Waals surface area contributed by atoms with E-state index >= 15 is 0 Å². The van der Waals surface area contributed by atoms with Crippen molar-refractivity contribution in [1.82, 2.24) is 14.8 Å². The van der Waals surface area contributed by atoms with Crippen molar-refractivity contribution in [1.29, 1.82) is 0 Å². The van der Waals surface area contributed by atoms with Crippen LogP contribution in [0.2, 0.25) is 0 Å². The molecule has 0 atom stereocenters. The van der Waals surface area contributed by atoms with Crippen molar-refractivity contribution >= 4 is 16.6 Å². The Labute approximate surface area is 195 Å². The summed E-state index contributed by atoms with van der Waals surface area (Å²) in [6.07, 6.45) is 4.42. The molecule has 1 aliphatic rings. The van der Waals surface area contributed by atoms with Gasteiger partial charge in [-0.3, -0.25) is 15.0 Å². The van der Waals surface area contributed by atoms with Crippen LogP contribution in [0.25, 0.3) is 10.9 Å². The molecule has 8 nitrogen and oxygen atoms in total. The van der Waals surface area contributed by atoms with Gasteiger partial charge in [0.05, 0.1) is 10.4 Å². The smallest absolute Gasteiger partial charge is 0.313 e. The fourth-order valence-electron chi connectivity index (χ4n) is 3.79. The molecule has 33 heavy (non-hydrogen) atoms. The first-order chi connectivity index (χ1) is 16.0. The number of nitrogens with zero attached hydrogens (tertiary/aromatic N) is 3. The average Bonchev–Trinajstić information content (AvgIpc) is 3.46. The first kappa shape index (κ1) is 24.5. The summed E-state index contributed by atoms with van der Waals surface area (Å²) in [5.74, 6) is 1.30. The second-order valence-corrected chi connectivity index (χ2v) is 8.43. The number of hydrogen-bond donors (Lipinski definition) is 1. The zero-order chi connectivity index (χ0) is 23.6. The van der Waals surface area contributed by atoms with E-state index in [0.29, 0.717) is 24.5 Å². The van der Waals surface area contributed by atoms with Crippen molar-refractivity contribution in [2.24, 2.45) is 0 Å². The molecule has 1 aromatic heterocycles. The molecule has 178 valence electrons. The molecule has 3 aromatic rings. The SMILES string of the molecule is CN(C)CCOc1cccc2cc[nH]c12.Cc1cccc(OCCN2CCCC2)c1[N+](=O)[O-]. The Kier molecular flexibility index (Phi) is 9.09. The van der Waals surface area contributed by atoms with Gasteiger partial charge in [-0.1, -0.05) is 24.3 Å². The van der Waals surface area contributed by atoms with Gasteiger partial charge in [0, 0.05) is 30.2 Å². The molecular weight excluding hydrogens is 420 g/mol. The summed E-state index contributed by atoms with van der Waals surface area (Å²) in [6, 6.07) is 13.3. The molecule has 1 aliphatic heterocycles. The number of H-pyrrole nitrogens is 1. The molecule has 1 N–H and O–H groups in total. The normalized spacial score (nSPS) is 13.7. The third-order valence-electron chi connectivity index (χ3n) is 5.59. The number of nitro groups is 1. The lowest BCUT2D eigenvalue weighted by molar-refractivity contribution is -0.386. The Balaban J connectivity index is 0.000000189. The summed E-state index contributed by atoms with van der Waals surface area (Å²) in [4.78, 5) is 18.2. The topological polar surface area (TPSA) is 83.9 Å². The second-order valence-electron chi connectivity index (χ2n) is 8.43. The van der Waals surface area contributed by atoms with Gasteiger partial charge in [0.25, 0.3) is 0 Å². The molecule has 1 fully saturated rings. The monoisotopic (exact) mass is 454 g/mol. The quantitative estimate of drug-likeness (QED) is 0.379. The van der Waals surface area contributed by atoms with Crippen molar-refractivity contribution in [3.05, 3.63) is 64.3 Å². The van der Waals surface area contributed by atoms with Gasteiger partial charge in [-0.2, -0.15) is 0 Å². The molecule has 0 spiro atoms. The Bertz CT molecular complexity index is 1030. The van der Waals surface area contributed by atoms with E-state index in [-0.39, 0.29) is 10.6 Å². The molecular formula is C25H34N4O4. The van der Waals surface area contributed by atoms with Gasteiger partial charge in [-0.15, -0.1) is 0 Å². The molecule has 2 heterocycles. The fraction of sp³-hybridized carbons (Fsp3) is 0.440. The number of fused-ring (bicyclic) bond motifs is 1. The number of likely N-dealkylation sites (tertiary alicyclic amines) is 1. The minimum absolute atomic E-state index is 0.0823. The number of nitrogens with one attached hydrogen (secondary N) is 1. The van der Waals surface area contributed by atoms with Crippen LogP contribution in [-0.4, -0.2) is 73.2 Å². The van der Waals surface area contributed by atoms with Crippen LogP contribution in [0.5, 0.6) is 11.5 Å². The molecule has 0 amide bonds. The molecule has 0 unspecified atom stereocenters. The van der Waals surface area contributed by atoms with Crippen molar-refractivity contribution in [2.45, 2.75) is 19.8 Å². The van der Waals surface area contributed by atoms with E-state index in [1.54, 1.807) is 25.1 Å². The molecule has 4 rings (SSSR count). The third-order valence-corrected chi connectivity index (χ3v) is 5.59. The average molecular weight is 455 g/mol. The van der Waals surface area contributed by atoms with Gasteiger partial charge in [-0.25, -0.2) is 0 Å². The summed E-state index contributed by atoms with van der Waals surface area (Å²) < 4.78 is 11.3. The zero-order valence-electron chi connectivity index (χ0n) is 19.8. The van der Waals surface area contributed by atoms with Crippen LogP contribution in [0, 0.1) is 17.0 Å². The van der Waals surface area contributed by atoms with Crippen LogP contribution in [0.3, 0.4) is 0 Å². The Morgan fingerprint density at radius 3 is 2.45 bits per heavy atom. The van der Waals surface area contributed by atoms with Crippen molar-refractivity contribution < 1.29 is 14.4 Å². The zero-order valence-corrected chi connectivity index (χ0v) is 19.8. The van der Waals surface area contributed by atoms with E-state index in [9.17, 15) is 10.1 Å². The lowest BCUT2D eigenvalue weighted by Gasteiger charge is -2.15. The minimum Gasteiger partial charge on any atom is -0.490 e. The highest BCUT2D eigenvalue weighted by atomic mass is 16.6. The minimum atomic E-state index is -0.374. The predicted molar refractivity (Wildman–Crippen MR) is 131 cm³/mol. The number of rotatable bonds is 9. The molecule has 0 aliphatic carbocycles. The van der Waals surface area contributed by atoms with Crippen molar-refractivity contribution in [2.75, 3.05) is 53.5 Å². The van der Waals surface area contributed by atoms with Gasteiger partial charge >= 0.3 is 5.69 Å². The van der Waals surface area contributed by atoms with Gasteiger partial charge < -0.3 is 19.4 Å². The third kappa shape index (κ3) is 7.20. The number of ether oxygens (including phenoxy) is 2. The Morgan fingerprint density at radius 2 is 1.73 bits per heavy atom. The first-order valence-electron chi connectivity index (χ1n) is 11.4. The number of hydrogen-bond acceptors (Lipinski definition) is 6. The van der Waals surface area contributed by atoms with Crippen LogP contribution >= 0.6 is 0 Å². The van der Waals surface area contributed by atoms with E-state index in [0.717, 1.165) is 37.4 Å². The maximum absolute atomic E-state index is 11.0. The standard InChI is InChI=1S/C13H18N2O3.C12H16N2O/c1-11-5-4-6-12(13(11)15(16)17)18-10-9-14-7-2-3-8-14;1-14(2)8-9-15-11-5-3-4-10-6-7-13-12(10)11/h4-6H,2-3,7-10H2,1H3;3-7,13H,8-9H2,1-2H3. The van der Waals surface area contributed by atoms with Gasteiger partial charge in [0.2, 0.25) is 0 Å². The number of aromatic amines is 1. The molecule has 2 aromatic carbocycles. The lowest BCUT2D eigenvalue weighted by atomic mass is 10.2. The largest absolute Gasteiger partial charge is 0.490 e. The molecule has 1 saturated heterocycles. The number of aromatic nitrogens is 1. The molecule has 0 bridgehead atoms. The van der Waals surface area contributed by atoms with Crippen LogP contribution in [0.15, 0.2) is 48.7 Å². The number of likely N-dealkylation sites (N-methyl/N-ethyl adjacent to an activating group) is 1. The number of aryl methyl sites for hydroxylation is 1. The maximum Gasteiger partial charge on any atom is 0.313 e. The van der Waals surface area contributed by atoms with E-state index in [4.69, 9.17) is 9.47 Å².